The number of nitrogens with two attached hydrogens (primary N) is 2. The molecule has 14 N–H and O–H groups in total. The zero-order valence-corrected chi connectivity index (χ0v) is 33.9. The Labute approximate surface area is 352 Å². The van der Waals surface area contributed by atoms with Crippen LogP contribution in [0.2, 0.25) is 0 Å². The van der Waals surface area contributed by atoms with Crippen molar-refractivity contribution in [1.29, 1.82) is 0 Å². The maximum Gasteiger partial charge on any atom is 0.166 e. The van der Waals surface area contributed by atoms with Gasteiger partial charge in [0.05, 0.1) is 86.6 Å². The molecule has 0 spiro atoms. The van der Waals surface area contributed by atoms with Gasteiger partial charge in [-0.2, -0.15) is 0 Å². The predicted octanol–water partition coefficient (Wildman–Crippen LogP) is -1.97. The molecular weight excluding hydrogens is 807 g/mol. The Kier molecular flexibility index (Phi) is 9.34. The number of aromatic nitrogens is 10. The van der Waals surface area contributed by atoms with E-state index in [1.54, 1.807) is 53.5 Å². The van der Waals surface area contributed by atoms with Crippen LogP contribution in [0.15, 0.2) is 43.5 Å². The lowest BCUT2D eigenvalue weighted by Crippen LogP contribution is -2.35. The number of imidazole rings is 3. The van der Waals surface area contributed by atoms with Crippen molar-refractivity contribution in [3.05, 3.63) is 49.3 Å². The topological polar surface area (TPSA) is 351 Å². The van der Waals surface area contributed by atoms with Gasteiger partial charge >= 0.3 is 0 Å². The van der Waals surface area contributed by atoms with Crippen LogP contribution in [0, 0.1) is 40.9 Å². The molecule has 22 nitrogen and oxygen atoms in total. The lowest BCUT2D eigenvalue weighted by atomic mass is 10.0. The second-order valence-electron chi connectivity index (χ2n) is 18.0. The first-order valence-corrected chi connectivity index (χ1v) is 20.7. The van der Waals surface area contributed by atoms with Crippen molar-refractivity contribution in [2.75, 3.05) is 43.7 Å². The molecule has 6 aliphatic rings. The molecule has 0 saturated heterocycles. The standard InChI is InChI=1S/C14H18N4O3.C13H17N5O3.C13H16N4O3/c1-15-8-2-3-16-13-9(8)17-6-18(13)10-7-4-14(7,5-19)12(21)11(10)20;1-5-16-11(14)7-12(17-5)18(4-15-7)8-6-2-13(6,3-19)10(21)9(8)20;14-7-1-2-15-12-8(7)16-5-17(12)9-6-3-13(6,4-18)11(20)10(9)19/h2-3,6-7,10-12,19-21H,4-5H2,1H3,(H,15,16);4,6,8-10,19-21H,2-3H2,1H3,(H2,14,16,17);1-2,5-6,9-11,18-20H,3-4H2,(H2,14,15). The highest BCUT2D eigenvalue weighted by Gasteiger charge is 2.73. The van der Waals surface area contributed by atoms with Crippen molar-refractivity contribution < 1.29 is 46.0 Å². The zero-order chi connectivity index (χ0) is 43.8. The first-order chi connectivity index (χ1) is 29.7. The summed E-state index contributed by atoms with van der Waals surface area (Å²) in [5.74, 6) is 0.942. The predicted molar refractivity (Wildman–Crippen MR) is 220 cm³/mol. The second-order valence-corrected chi connectivity index (χ2v) is 18.0. The number of nitrogen functional groups attached to an aromatic ring is 2. The summed E-state index contributed by atoms with van der Waals surface area (Å²) >= 11 is 0. The summed E-state index contributed by atoms with van der Waals surface area (Å²) in [4.78, 5) is 29.9. The average molecular weight is 858 g/mol. The van der Waals surface area contributed by atoms with E-state index in [0.717, 1.165) is 17.6 Å². The molecule has 6 fully saturated rings. The molecule has 0 aliphatic heterocycles. The SMILES string of the molecule is CNc1ccnc2c1ncn2C1C(O)C(O)C2(CO)CC12.Cc1nc(N)c2ncn(C3C(O)C(O)C4(CO)CC34)c2n1.Nc1ccnc2c1ncn2C1C(O)C(O)C2(CO)CC12. The highest BCUT2D eigenvalue weighted by atomic mass is 16.3. The van der Waals surface area contributed by atoms with E-state index in [-0.39, 0.29) is 55.7 Å². The Morgan fingerprint density at radius 2 is 1.02 bits per heavy atom. The van der Waals surface area contributed by atoms with Crippen molar-refractivity contribution in [3.8, 4) is 0 Å². The molecule has 12 rings (SSSR count). The van der Waals surface area contributed by atoms with Crippen LogP contribution in [0.1, 0.15) is 43.2 Å². The number of hydrogen-bond acceptors (Lipinski definition) is 19. The van der Waals surface area contributed by atoms with Crippen LogP contribution in [0.25, 0.3) is 33.5 Å². The van der Waals surface area contributed by atoms with E-state index in [2.05, 4.69) is 40.2 Å². The van der Waals surface area contributed by atoms with Gasteiger partial charge in [0.15, 0.2) is 22.8 Å². The van der Waals surface area contributed by atoms with Crippen LogP contribution in [0.4, 0.5) is 17.2 Å². The van der Waals surface area contributed by atoms with Gasteiger partial charge in [-0.3, -0.25) is 0 Å². The number of aliphatic hydroxyl groups is 9. The lowest BCUT2D eigenvalue weighted by molar-refractivity contribution is -0.0301. The van der Waals surface area contributed by atoms with E-state index >= 15 is 0 Å². The molecule has 6 aromatic rings. The van der Waals surface area contributed by atoms with Crippen molar-refractivity contribution in [2.24, 2.45) is 34.0 Å². The molecule has 62 heavy (non-hydrogen) atoms. The van der Waals surface area contributed by atoms with Gasteiger partial charge in [0, 0.05) is 35.7 Å². The molecule has 6 aliphatic carbocycles. The summed E-state index contributed by atoms with van der Waals surface area (Å²) in [6.45, 7) is 1.39. The number of anilines is 3. The lowest BCUT2D eigenvalue weighted by Gasteiger charge is -2.23. The Hall–Kier alpha value is -5.17. The van der Waals surface area contributed by atoms with Crippen LogP contribution in [0.3, 0.4) is 0 Å². The Morgan fingerprint density at radius 3 is 1.47 bits per heavy atom. The van der Waals surface area contributed by atoms with Gasteiger partial charge in [0.2, 0.25) is 0 Å². The maximum atomic E-state index is 10.4. The van der Waals surface area contributed by atoms with Crippen molar-refractivity contribution in [3.63, 3.8) is 0 Å². The minimum Gasteiger partial charge on any atom is -0.397 e. The van der Waals surface area contributed by atoms with Crippen molar-refractivity contribution >= 4 is 50.7 Å². The molecule has 15 unspecified atom stereocenters. The molecule has 6 aromatic heterocycles. The van der Waals surface area contributed by atoms with E-state index in [9.17, 15) is 46.0 Å². The smallest absolute Gasteiger partial charge is 0.166 e. The third kappa shape index (κ3) is 5.51. The Morgan fingerprint density at radius 1 is 0.597 bits per heavy atom. The number of hydrogen-bond donors (Lipinski definition) is 12. The maximum absolute atomic E-state index is 10.4. The van der Waals surface area contributed by atoms with Gasteiger partial charge in [-0.1, -0.05) is 0 Å². The Balaban J connectivity index is 0.000000111. The molecule has 0 radical (unpaired) electrons. The van der Waals surface area contributed by atoms with Gasteiger partial charge in [0.25, 0.3) is 0 Å². The summed E-state index contributed by atoms with van der Waals surface area (Å²) in [5.41, 5.74) is 15.1. The average Bonchev–Trinajstić information content (AvgIpc) is 4.13. The Bertz CT molecular complexity index is 2700. The largest absolute Gasteiger partial charge is 0.397 e. The summed E-state index contributed by atoms with van der Waals surface area (Å²) in [5, 5.41) is 93.2. The van der Waals surface area contributed by atoms with Crippen LogP contribution in [-0.2, 0) is 0 Å². The van der Waals surface area contributed by atoms with Gasteiger partial charge < -0.3 is 76.4 Å². The number of nitrogens with zero attached hydrogens (tertiary/aromatic N) is 10. The highest BCUT2D eigenvalue weighted by Crippen LogP contribution is 2.69. The van der Waals surface area contributed by atoms with Gasteiger partial charge in [-0.25, -0.2) is 34.9 Å². The van der Waals surface area contributed by atoms with E-state index < -0.39 is 52.9 Å². The molecule has 22 heteroatoms. The van der Waals surface area contributed by atoms with Crippen LogP contribution in [-0.4, -0.2) is 158 Å². The summed E-state index contributed by atoms with van der Waals surface area (Å²) in [7, 11) is 1.82. The van der Waals surface area contributed by atoms with E-state index in [4.69, 9.17) is 11.5 Å². The van der Waals surface area contributed by atoms with Crippen LogP contribution < -0.4 is 16.8 Å². The number of aryl methyl sites for hydroxylation is 1. The minimum atomic E-state index is -0.954. The van der Waals surface area contributed by atoms with E-state index in [1.807, 2.05) is 17.7 Å². The fourth-order valence-corrected chi connectivity index (χ4v) is 11.4. The van der Waals surface area contributed by atoms with E-state index in [1.165, 1.54) is 0 Å². The summed E-state index contributed by atoms with van der Waals surface area (Å²) in [6.07, 6.45) is 4.68. The molecule has 330 valence electrons. The molecule has 15 atom stereocenters. The monoisotopic (exact) mass is 857 g/mol. The molecule has 0 aromatic carbocycles. The second kappa shape index (κ2) is 14.2. The van der Waals surface area contributed by atoms with Crippen LogP contribution in [0.5, 0.6) is 0 Å². The number of pyridine rings is 2. The van der Waals surface area contributed by atoms with Gasteiger partial charge in [0.1, 0.15) is 40.7 Å². The fraction of sp³-hybridized carbons (Fsp3) is 0.575. The molecule has 6 saturated carbocycles. The third-order valence-corrected chi connectivity index (χ3v) is 15.2. The number of aliphatic hydroxyl groups excluding tert-OH is 9. The summed E-state index contributed by atoms with van der Waals surface area (Å²) in [6, 6.07) is 2.54. The normalized spacial score (nSPS) is 38.2. The molecule has 0 bridgehead atoms. The van der Waals surface area contributed by atoms with Crippen LogP contribution >= 0.6 is 0 Å². The summed E-state index contributed by atoms with van der Waals surface area (Å²) < 4.78 is 5.36. The van der Waals surface area contributed by atoms with Gasteiger partial charge in [-0.15, -0.1) is 0 Å². The fourth-order valence-electron chi connectivity index (χ4n) is 11.4. The number of rotatable bonds is 7. The van der Waals surface area contributed by atoms with E-state index in [0.29, 0.717) is 58.1 Å². The minimum absolute atomic E-state index is 0.0152. The molecular formula is C40H51N13O9. The molecule has 0 amide bonds. The molecule has 6 heterocycles. The number of fused-ring (bicyclic) bond motifs is 6. The van der Waals surface area contributed by atoms with Gasteiger partial charge in [-0.05, 0) is 56.1 Å². The van der Waals surface area contributed by atoms with Crippen molar-refractivity contribution in [1.82, 2.24) is 48.6 Å². The number of nitrogens with one attached hydrogen (secondary N) is 1. The third-order valence-electron chi connectivity index (χ3n) is 15.2. The highest BCUT2D eigenvalue weighted by molar-refractivity contribution is 5.85. The first-order valence-electron chi connectivity index (χ1n) is 20.7. The van der Waals surface area contributed by atoms with Crippen molar-refractivity contribution in [2.45, 2.75) is 80.9 Å². The zero-order valence-electron chi connectivity index (χ0n) is 33.9. The quantitative estimate of drug-likeness (QED) is 0.0828. The first kappa shape index (κ1) is 40.9.